The van der Waals surface area contributed by atoms with Crippen molar-refractivity contribution in [2.75, 3.05) is 0 Å². The van der Waals surface area contributed by atoms with Gasteiger partial charge in [-0.1, -0.05) is 25.1 Å². The molecule has 0 fully saturated rings. The third kappa shape index (κ3) is 2.63. The van der Waals surface area contributed by atoms with Crippen molar-refractivity contribution < 1.29 is 4.79 Å². The van der Waals surface area contributed by atoms with Crippen molar-refractivity contribution in [1.29, 1.82) is 0 Å². The molecule has 0 saturated heterocycles. The minimum absolute atomic E-state index is 0.0471. The van der Waals surface area contributed by atoms with E-state index < -0.39 is 0 Å². The van der Waals surface area contributed by atoms with E-state index in [0.29, 0.717) is 5.69 Å². The van der Waals surface area contributed by atoms with Gasteiger partial charge in [0.15, 0.2) is 0 Å². The third-order valence-corrected chi connectivity index (χ3v) is 4.42. The van der Waals surface area contributed by atoms with Crippen molar-refractivity contribution in [2.24, 2.45) is 14.1 Å². The SMILES string of the molecule is CC[C@H](NC(=O)c1cc2cccc(C)c2n1C)c1ccnn1C. The van der Waals surface area contributed by atoms with Crippen LogP contribution in [0.3, 0.4) is 0 Å². The van der Waals surface area contributed by atoms with Crippen LogP contribution < -0.4 is 5.32 Å². The summed E-state index contributed by atoms with van der Waals surface area (Å²) in [6.07, 6.45) is 2.57. The second-order valence-corrected chi connectivity index (χ2v) is 5.92. The van der Waals surface area contributed by atoms with Gasteiger partial charge in [0.25, 0.3) is 5.91 Å². The van der Waals surface area contributed by atoms with Crippen molar-refractivity contribution in [2.45, 2.75) is 26.3 Å². The summed E-state index contributed by atoms with van der Waals surface area (Å²) in [4.78, 5) is 12.8. The predicted octanol–water partition coefficient (Wildman–Crippen LogP) is 3.10. The number of hydrogen-bond donors (Lipinski definition) is 1. The van der Waals surface area contributed by atoms with E-state index in [2.05, 4.69) is 30.3 Å². The molecule has 0 spiro atoms. The molecule has 3 rings (SSSR count). The Hall–Kier alpha value is -2.56. The van der Waals surface area contributed by atoms with E-state index >= 15 is 0 Å². The Kier molecular flexibility index (Phi) is 3.94. The van der Waals surface area contributed by atoms with Crippen LogP contribution in [-0.4, -0.2) is 20.3 Å². The topological polar surface area (TPSA) is 51.9 Å². The lowest BCUT2D eigenvalue weighted by atomic mass is 10.1. The maximum Gasteiger partial charge on any atom is 0.268 e. The number of carbonyl (C=O) groups is 1. The molecule has 0 radical (unpaired) electrons. The molecule has 1 atom stereocenters. The van der Waals surface area contributed by atoms with Crippen molar-refractivity contribution in [3.05, 3.63) is 53.5 Å². The Morgan fingerprint density at radius 2 is 2.09 bits per heavy atom. The van der Waals surface area contributed by atoms with Crippen LogP contribution in [0, 0.1) is 6.92 Å². The van der Waals surface area contributed by atoms with Gasteiger partial charge in [-0.3, -0.25) is 9.48 Å². The molecule has 23 heavy (non-hydrogen) atoms. The second kappa shape index (κ2) is 5.91. The maximum absolute atomic E-state index is 12.8. The Balaban J connectivity index is 1.93. The molecular formula is C18H22N4O. The van der Waals surface area contributed by atoms with E-state index in [0.717, 1.165) is 23.0 Å². The lowest BCUT2D eigenvalue weighted by molar-refractivity contribution is 0.0926. The number of carbonyl (C=O) groups excluding carboxylic acids is 1. The highest BCUT2D eigenvalue weighted by molar-refractivity contribution is 5.99. The minimum Gasteiger partial charge on any atom is -0.342 e. The van der Waals surface area contributed by atoms with Gasteiger partial charge in [0.1, 0.15) is 5.69 Å². The largest absolute Gasteiger partial charge is 0.342 e. The fourth-order valence-corrected chi connectivity index (χ4v) is 3.18. The summed E-state index contributed by atoms with van der Waals surface area (Å²) in [6.45, 7) is 4.12. The van der Waals surface area contributed by atoms with Gasteiger partial charge in [-0.15, -0.1) is 0 Å². The lowest BCUT2D eigenvalue weighted by Gasteiger charge is -2.17. The van der Waals surface area contributed by atoms with Crippen LogP contribution in [0.4, 0.5) is 0 Å². The number of rotatable bonds is 4. The highest BCUT2D eigenvalue weighted by Crippen LogP contribution is 2.23. The summed E-state index contributed by atoms with van der Waals surface area (Å²) < 4.78 is 3.77. The zero-order valence-corrected chi connectivity index (χ0v) is 14.0. The zero-order chi connectivity index (χ0) is 16.6. The Morgan fingerprint density at radius 3 is 2.70 bits per heavy atom. The van der Waals surface area contributed by atoms with Crippen LogP contribution in [0.15, 0.2) is 36.5 Å². The van der Waals surface area contributed by atoms with E-state index in [1.165, 1.54) is 5.56 Å². The Bertz CT molecular complexity index is 859. The number of benzene rings is 1. The third-order valence-electron chi connectivity index (χ3n) is 4.42. The molecule has 120 valence electrons. The number of para-hydroxylation sites is 1. The number of fused-ring (bicyclic) bond motifs is 1. The molecule has 0 aliphatic heterocycles. The van der Waals surface area contributed by atoms with Gasteiger partial charge in [0.05, 0.1) is 17.3 Å². The highest BCUT2D eigenvalue weighted by atomic mass is 16.2. The molecule has 1 aromatic carbocycles. The van der Waals surface area contributed by atoms with Crippen LogP contribution >= 0.6 is 0 Å². The number of nitrogens with one attached hydrogen (secondary N) is 1. The van der Waals surface area contributed by atoms with Crippen LogP contribution in [-0.2, 0) is 14.1 Å². The molecule has 0 aliphatic rings. The summed E-state index contributed by atoms with van der Waals surface area (Å²) in [5, 5.41) is 8.41. The second-order valence-electron chi connectivity index (χ2n) is 5.92. The average Bonchev–Trinajstić information content (AvgIpc) is 3.09. The van der Waals surface area contributed by atoms with E-state index in [-0.39, 0.29) is 11.9 Å². The first kappa shape index (κ1) is 15.3. The van der Waals surface area contributed by atoms with E-state index in [1.54, 1.807) is 10.9 Å². The maximum atomic E-state index is 12.8. The van der Waals surface area contributed by atoms with Crippen LogP contribution in [0.2, 0.25) is 0 Å². The fourth-order valence-electron chi connectivity index (χ4n) is 3.18. The van der Waals surface area contributed by atoms with Gasteiger partial charge < -0.3 is 9.88 Å². The van der Waals surface area contributed by atoms with Gasteiger partial charge in [0.2, 0.25) is 0 Å². The standard InChI is InChI=1S/C18H22N4O/c1-5-14(15-9-10-19-22(15)4)20-18(23)16-11-13-8-6-7-12(2)17(13)21(16)3/h6-11,14H,5H2,1-4H3,(H,20,23)/t14-/m0/s1. The molecule has 0 aliphatic carbocycles. The van der Waals surface area contributed by atoms with E-state index in [1.807, 2.05) is 42.9 Å². The Labute approximate surface area is 135 Å². The molecule has 1 N–H and O–H groups in total. The van der Waals surface area contributed by atoms with Gasteiger partial charge in [0, 0.05) is 25.7 Å². The van der Waals surface area contributed by atoms with Crippen molar-refractivity contribution >= 4 is 16.8 Å². The lowest BCUT2D eigenvalue weighted by Crippen LogP contribution is -2.30. The van der Waals surface area contributed by atoms with Gasteiger partial charge >= 0.3 is 0 Å². The van der Waals surface area contributed by atoms with Gasteiger partial charge in [-0.25, -0.2) is 0 Å². The molecule has 2 aromatic heterocycles. The quantitative estimate of drug-likeness (QED) is 0.805. The first-order chi connectivity index (χ1) is 11.0. The first-order valence-corrected chi connectivity index (χ1v) is 7.86. The number of amides is 1. The van der Waals surface area contributed by atoms with Crippen molar-refractivity contribution in [3.8, 4) is 0 Å². The first-order valence-electron chi connectivity index (χ1n) is 7.86. The normalized spacial score (nSPS) is 12.5. The molecule has 0 saturated carbocycles. The van der Waals surface area contributed by atoms with Crippen LogP contribution in [0.1, 0.15) is 41.1 Å². The number of hydrogen-bond acceptors (Lipinski definition) is 2. The molecule has 5 heteroatoms. The highest BCUT2D eigenvalue weighted by Gasteiger charge is 2.20. The molecule has 5 nitrogen and oxygen atoms in total. The van der Waals surface area contributed by atoms with E-state index in [9.17, 15) is 4.79 Å². The van der Waals surface area contributed by atoms with Crippen LogP contribution in [0.25, 0.3) is 10.9 Å². The predicted molar refractivity (Wildman–Crippen MR) is 91.4 cm³/mol. The van der Waals surface area contributed by atoms with Gasteiger partial charge in [-0.05, 0) is 31.0 Å². The number of aryl methyl sites for hydroxylation is 3. The average molecular weight is 310 g/mol. The van der Waals surface area contributed by atoms with Crippen molar-refractivity contribution in [3.63, 3.8) is 0 Å². The summed E-state index contributed by atoms with van der Waals surface area (Å²) in [6, 6.07) is 9.97. The number of nitrogens with zero attached hydrogens (tertiary/aromatic N) is 3. The monoisotopic (exact) mass is 310 g/mol. The molecular weight excluding hydrogens is 288 g/mol. The fraction of sp³-hybridized carbons (Fsp3) is 0.333. The summed E-state index contributed by atoms with van der Waals surface area (Å²) in [7, 11) is 3.83. The van der Waals surface area contributed by atoms with Gasteiger partial charge in [-0.2, -0.15) is 5.10 Å². The van der Waals surface area contributed by atoms with Crippen molar-refractivity contribution in [1.82, 2.24) is 19.7 Å². The smallest absolute Gasteiger partial charge is 0.268 e. The molecule has 3 aromatic rings. The van der Waals surface area contributed by atoms with E-state index in [4.69, 9.17) is 0 Å². The zero-order valence-electron chi connectivity index (χ0n) is 14.0. The summed E-state index contributed by atoms with van der Waals surface area (Å²) in [5.74, 6) is -0.0591. The summed E-state index contributed by atoms with van der Waals surface area (Å²) >= 11 is 0. The molecule has 0 bridgehead atoms. The number of aromatic nitrogens is 3. The molecule has 1 amide bonds. The summed E-state index contributed by atoms with van der Waals surface area (Å²) in [5.41, 5.74) is 3.96. The minimum atomic E-state index is -0.0591. The molecule has 0 unspecified atom stereocenters. The van der Waals surface area contributed by atoms with Crippen LogP contribution in [0.5, 0.6) is 0 Å². The Morgan fingerprint density at radius 1 is 1.30 bits per heavy atom. The molecule has 2 heterocycles.